The molecule has 0 aromatic heterocycles. The number of hydrogen-bond acceptors (Lipinski definition) is 6. The van der Waals surface area contributed by atoms with E-state index in [0.29, 0.717) is 24.5 Å². The summed E-state index contributed by atoms with van der Waals surface area (Å²) in [5.41, 5.74) is 2.62. The van der Waals surface area contributed by atoms with Crippen LogP contribution in [0.15, 0.2) is 23.3 Å². The fourth-order valence-corrected chi connectivity index (χ4v) is 6.43. The van der Waals surface area contributed by atoms with Gasteiger partial charge in [-0.2, -0.15) is 0 Å². The number of carbonyl (C=O) groups is 1. The van der Waals surface area contributed by atoms with Gasteiger partial charge < -0.3 is 19.5 Å². The molecule has 3 saturated heterocycles. The molecule has 0 aromatic rings. The number of rotatable bonds is 3. The van der Waals surface area contributed by atoms with Gasteiger partial charge in [0.25, 0.3) is 0 Å². The minimum atomic E-state index is -0.174. The number of ether oxygens (including phenoxy) is 3. The van der Waals surface area contributed by atoms with Crippen molar-refractivity contribution in [2.24, 2.45) is 17.8 Å². The van der Waals surface area contributed by atoms with Crippen molar-refractivity contribution in [3.05, 3.63) is 23.3 Å². The fourth-order valence-electron chi connectivity index (χ4n) is 6.43. The Morgan fingerprint density at radius 1 is 1.31 bits per heavy atom. The Hall–Kier alpha value is -1.21. The quantitative estimate of drug-likeness (QED) is 0.577. The Bertz CT molecular complexity index is 720. The summed E-state index contributed by atoms with van der Waals surface area (Å²) >= 11 is 0. The number of carbonyl (C=O) groups excluding carboxylic acids is 1. The Labute approximate surface area is 173 Å². The molecule has 6 nitrogen and oxygen atoms in total. The van der Waals surface area contributed by atoms with Gasteiger partial charge >= 0.3 is 5.97 Å². The Morgan fingerprint density at radius 2 is 2.17 bits per heavy atom. The molecule has 8 atom stereocenters. The van der Waals surface area contributed by atoms with Crippen LogP contribution >= 0.6 is 0 Å². The summed E-state index contributed by atoms with van der Waals surface area (Å²) < 4.78 is 17.8. The maximum Gasteiger partial charge on any atom is 0.314 e. The van der Waals surface area contributed by atoms with E-state index >= 15 is 0 Å². The maximum absolute atomic E-state index is 12.7. The summed E-state index contributed by atoms with van der Waals surface area (Å²) in [4.78, 5) is 15.2. The molecular weight excluding hydrogens is 368 g/mol. The topological polar surface area (TPSA) is 60.0 Å². The maximum atomic E-state index is 12.7. The third kappa shape index (κ3) is 3.29. The number of hydrogen-bond donors (Lipinski definition) is 1. The SMILES string of the molecule is CCOC(=O)C1C2=C3CN4CCC5CC(OC)C=CC5C4OC3CCC2NC1C. The number of methoxy groups -OCH3 is 1. The predicted molar refractivity (Wildman–Crippen MR) is 109 cm³/mol. The summed E-state index contributed by atoms with van der Waals surface area (Å²) in [6.07, 6.45) is 9.44. The van der Waals surface area contributed by atoms with E-state index in [1.165, 1.54) is 17.6 Å². The van der Waals surface area contributed by atoms with Crippen molar-refractivity contribution in [2.75, 3.05) is 26.8 Å². The lowest BCUT2D eigenvalue weighted by Crippen LogP contribution is -2.58. The van der Waals surface area contributed by atoms with Gasteiger partial charge in [0, 0.05) is 38.2 Å². The first-order valence-corrected chi connectivity index (χ1v) is 11.4. The first-order chi connectivity index (χ1) is 14.1. The normalized spacial score (nSPS) is 44.0. The van der Waals surface area contributed by atoms with Gasteiger partial charge in [0.15, 0.2) is 0 Å². The number of fused-ring (bicyclic) bond motifs is 5. The van der Waals surface area contributed by atoms with Gasteiger partial charge in [-0.15, -0.1) is 0 Å². The molecule has 2 aliphatic carbocycles. The Morgan fingerprint density at radius 3 is 2.97 bits per heavy atom. The lowest BCUT2D eigenvalue weighted by molar-refractivity contribution is -0.168. The molecule has 5 rings (SSSR count). The van der Waals surface area contributed by atoms with Crippen molar-refractivity contribution in [2.45, 2.75) is 70.1 Å². The third-order valence-corrected chi connectivity index (χ3v) is 7.78. The van der Waals surface area contributed by atoms with Crippen LogP contribution in [0.3, 0.4) is 0 Å². The molecule has 0 aromatic carbocycles. The van der Waals surface area contributed by atoms with E-state index in [-0.39, 0.29) is 36.4 Å². The molecule has 160 valence electrons. The van der Waals surface area contributed by atoms with E-state index in [0.717, 1.165) is 32.4 Å². The molecule has 29 heavy (non-hydrogen) atoms. The third-order valence-electron chi connectivity index (χ3n) is 7.78. The largest absolute Gasteiger partial charge is 0.465 e. The van der Waals surface area contributed by atoms with E-state index in [2.05, 4.69) is 29.3 Å². The molecule has 0 radical (unpaired) electrons. The van der Waals surface area contributed by atoms with Gasteiger partial charge in [0.2, 0.25) is 0 Å². The van der Waals surface area contributed by atoms with Crippen LogP contribution in [0.5, 0.6) is 0 Å². The Balaban J connectivity index is 1.43. The summed E-state index contributed by atoms with van der Waals surface area (Å²) in [6.45, 7) is 6.41. The molecular formula is C23H34N2O4. The molecule has 0 bridgehead atoms. The number of nitrogens with zero attached hydrogens (tertiary/aromatic N) is 1. The highest BCUT2D eigenvalue weighted by molar-refractivity contribution is 5.78. The fraction of sp³-hybridized carbons (Fsp3) is 0.783. The van der Waals surface area contributed by atoms with Crippen molar-refractivity contribution in [3.8, 4) is 0 Å². The van der Waals surface area contributed by atoms with Gasteiger partial charge in [-0.25, -0.2) is 0 Å². The smallest absolute Gasteiger partial charge is 0.314 e. The van der Waals surface area contributed by atoms with Crippen LogP contribution in [0.25, 0.3) is 0 Å². The van der Waals surface area contributed by atoms with Crippen LogP contribution in [0.4, 0.5) is 0 Å². The highest BCUT2D eigenvalue weighted by atomic mass is 16.5. The molecule has 5 aliphatic rings. The van der Waals surface area contributed by atoms with Crippen molar-refractivity contribution >= 4 is 5.97 Å². The van der Waals surface area contributed by atoms with Gasteiger partial charge in [0.1, 0.15) is 6.23 Å². The number of piperidine rings is 1. The molecule has 6 heteroatoms. The first-order valence-electron chi connectivity index (χ1n) is 11.4. The van der Waals surface area contributed by atoms with Gasteiger partial charge in [-0.3, -0.25) is 9.69 Å². The summed E-state index contributed by atoms with van der Waals surface area (Å²) in [6, 6.07) is 0.413. The van der Waals surface area contributed by atoms with Crippen LogP contribution in [-0.2, 0) is 19.0 Å². The van der Waals surface area contributed by atoms with Crippen molar-refractivity contribution in [3.63, 3.8) is 0 Å². The lowest BCUT2D eigenvalue weighted by Gasteiger charge is -2.52. The second-order valence-electron chi connectivity index (χ2n) is 9.30. The zero-order chi connectivity index (χ0) is 20.1. The van der Waals surface area contributed by atoms with Gasteiger partial charge in [-0.1, -0.05) is 12.2 Å². The zero-order valence-corrected chi connectivity index (χ0v) is 17.8. The molecule has 0 saturated carbocycles. The second-order valence-corrected chi connectivity index (χ2v) is 9.30. The van der Waals surface area contributed by atoms with E-state index in [4.69, 9.17) is 14.2 Å². The average Bonchev–Trinajstić information content (AvgIpc) is 3.08. The molecule has 0 spiro atoms. The molecule has 3 fully saturated rings. The van der Waals surface area contributed by atoms with Crippen molar-refractivity contribution < 1.29 is 19.0 Å². The molecule has 0 amide bonds. The minimum Gasteiger partial charge on any atom is -0.465 e. The number of nitrogens with one attached hydrogen (secondary N) is 1. The lowest BCUT2D eigenvalue weighted by atomic mass is 9.74. The van der Waals surface area contributed by atoms with Crippen LogP contribution in [-0.4, -0.2) is 68.2 Å². The van der Waals surface area contributed by atoms with E-state index < -0.39 is 0 Å². The molecule has 3 aliphatic heterocycles. The van der Waals surface area contributed by atoms with Gasteiger partial charge in [0.05, 0.1) is 24.7 Å². The van der Waals surface area contributed by atoms with Crippen LogP contribution in [0, 0.1) is 17.8 Å². The second kappa shape index (κ2) is 7.80. The predicted octanol–water partition coefficient (Wildman–Crippen LogP) is 2.25. The highest BCUT2D eigenvalue weighted by Gasteiger charge is 2.50. The summed E-state index contributed by atoms with van der Waals surface area (Å²) in [5.74, 6) is 0.824. The zero-order valence-electron chi connectivity index (χ0n) is 17.8. The minimum absolute atomic E-state index is 0.0835. The highest BCUT2D eigenvalue weighted by Crippen LogP contribution is 2.46. The summed E-state index contributed by atoms with van der Waals surface area (Å²) in [5, 5.41) is 3.65. The molecule has 3 heterocycles. The summed E-state index contributed by atoms with van der Waals surface area (Å²) in [7, 11) is 1.80. The standard InChI is InChI=1S/C23H34N2O4/c1-4-28-23(26)20-13(2)24-18-7-8-19-17(21(18)20)12-25-10-9-14-11-15(27-3)5-6-16(14)22(25)29-19/h5-6,13-16,18-20,22,24H,4,7-12H2,1-3H3. The Kier molecular flexibility index (Phi) is 5.31. The van der Waals surface area contributed by atoms with Crippen LogP contribution in [0.1, 0.15) is 39.5 Å². The monoisotopic (exact) mass is 402 g/mol. The van der Waals surface area contributed by atoms with Crippen LogP contribution < -0.4 is 5.32 Å². The average molecular weight is 403 g/mol. The van der Waals surface area contributed by atoms with E-state index in [1.807, 2.05) is 6.92 Å². The van der Waals surface area contributed by atoms with Gasteiger partial charge in [-0.05, 0) is 56.6 Å². The van der Waals surface area contributed by atoms with Crippen molar-refractivity contribution in [1.82, 2.24) is 10.2 Å². The number of esters is 1. The molecule has 8 unspecified atom stereocenters. The van der Waals surface area contributed by atoms with E-state index in [9.17, 15) is 4.79 Å². The van der Waals surface area contributed by atoms with Crippen molar-refractivity contribution in [1.29, 1.82) is 0 Å². The van der Waals surface area contributed by atoms with E-state index in [1.54, 1.807) is 7.11 Å². The van der Waals surface area contributed by atoms with Crippen LogP contribution in [0.2, 0.25) is 0 Å². The molecule has 1 N–H and O–H groups in total. The first kappa shape index (κ1) is 19.7.